The van der Waals surface area contributed by atoms with Crippen molar-refractivity contribution < 1.29 is 0 Å². The largest absolute Gasteiger partial charge is 0.309 e. The molecule has 1 nitrogen and oxygen atoms in total. The Bertz CT molecular complexity index is 2250. The first-order valence-electron chi connectivity index (χ1n) is 14.7. The highest BCUT2D eigenvalue weighted by atomic mass is 79.9. The van der Waals surface area contributed by atoms with Gasteiger partial charge in [0.05, 0.1) is 11.0 Å². The quantitative estimate of drug-likeness (QED) is 0.186. The van der Waals surface area contributed by atoms with Crippen LogP contribution in [0.2, 0.25) is 0 Å². The van der Waals surface area contributed by atoms with Crippen molar-refractivity contribution in [3.05, 3.63) is 148 Å². The van der Waals surface area contributed by atoms with Crippen molar-refractivity contribution in [1.29, 1.82) is 0 Å². The molecule has 0 atom stereocenters. The van der Waals surface area contributed by atoms with Gasteiger partial charge in [-0.15, -0.1) is 0 Å². The molecule has 0 N–H and O–H groups in total. The Hall–Kier alpha value is -4.40. The van der Waals surface area contributed by atoms with Crippen molar-refractivity contribution in [3.8, 4) is 39.1 Å². The van der Waals surface area contributed by atoms with Gasteiger partial charge < -0.3 is 4.57 Å². The van der Waals surface area contributed by atoms with Gasteiger partial charge in [0.25, 0.3) is 0 Å². The van der Waals surface area contributed by atoms with Crippen LogP contribution < -0.4 is 0 Å². The number of para-hydroxylation sites is 1. The smallest absolute Gasteiger partial charge is 0.0544 e. The van der Waals surface area contributed by atoms with Crippen LogP contribution in [0.15, 0.2) is 126 Å². The molecule has 0 saturated carbocycles. The highest BCUT2D eigenvalue weighted by Gasteiger charge is 2.36. The first-order chi connectivity index (χ1) is 20.5. The molecule has 2 aliphatic carbocycles. The van der Waals surface area contributed by atoms with Crippen molar-refractivity contribution in [1.82, 2.24) is 4.57 Å². The molecule has 1 heterocycles. The summed E-state index contributed by atoms with van der Waals surface area (Å²) in [4.78, 5) is 0. The summed E-state index contributed by atoms with van der Waals surface area (Å²) in [7, 11) is 0. The van der Waals surface area contributed by atoms with E-state index in [1.807, 2.05) is 0 Å². The van der Waals surface area contributed by atoms with Gasteiger partial charge in [-0.3, -0.25) is 0 Å². The Morgan fingerprint density at radius 2 is 1.24 bits per heavy atom. The molecule has 0 amide bonds. The Morgan fingerprint density at radius 3 is 2.10 bits per heavy atom. The summed E-state index contributed by atoms with van der Waals surface area (Å²) in [6.45, 7) is 4.73. The molecule has 0 radical (unpaired) electrons. The topological polar surface area (TPSA) is 4.93 Å². The van der Waals surface area contributed by atoms with Gasteiger partial charge in [0.1, 0.15) is 0 Å². The SMILES string of the molecule is CC1(C)c2ccccc2-c2cc3c4cc(-c5cccc6c5Cc5c(Br)cccc5-6)ccc4n(-c4ccccc4)c3cc21. The zero-order valence-electron chi connectivity index (χ0n) is 23.6. The molecule has 200 valence electrons. The van der Waals surface area contributed by atoms with Gasteiger partial charge in [-0.05, 0) is 98.1 Å². The Labute approximate surface area is 254 Å². The maximum absolute atomic E-state index is 3.81. The van der Waals surface area contributed by atoms with Crippen molar-refractivity contribution in [2.75, 3.05) is 0 Å². The zero-order valence-corrected chi connectivity index (χ0v) is 25.2. The Kier molecular flexibility index (Phi) is 4.94. The normalized spacial score (nSPS) is 14.2. The third-order valence-electron chi connectivity index (χ3n) is 9.73. The predicted molar refractivity (Wildman–Crippen MR) is 180 cm³/mol. The molecule has 0 unspecified atom stereocenters. The van der Waals surface area contributed by atoms with Gasteiger partial charge in [0.15, 0.2) is 0 Å². The Morgan fingerprint density at radius 1 is 0.548 bits per heavy atom. The van der Waals surface area contributed by atoms with Crippen LogP contribution in [0.3, 0.4) is 0 Å². The highest BCUT2D eigenvalue weighted by molar-refractivity contribution is 9.10. The monoisotopic (exact) mass is 601 g/mol. The van der Waals surface area contributed by atoms with E-state index < -0.39 is 0 Å². The first-order valence-corrected chi connectivity index (χ1v) is 15.5. The summed E-state index contributed by atoms with van der Waals surface area (Å²) in [5.41, 5.74) is 17.3. The zero-order chi connectivity index (χ0) is 28.2. The number of halogens is 1. The molecule has 0 spiro atoms. The van der Waals surface area contributed by atoms with Gasteiger partial charge >= 0.3 is 0 Å². The van der Waals surface area contributed by atoms with Crippen molar-refractivity contribution in [2.45, 2.75) is 25.7 Å². The van der Waals surface area contributed by atoms with E-state index in [-0.39, 0.29) is 5.41 Å². The van der Waals surface area contributed by atoms with Gasteiger partial charge in [-0.25, -0.2) is 0 Å². The second kappa shape index (κ2) is 8.56. The number of rotatable bonds is 2. The molecular formula is C40H28BrN. The summed E-state index contributed by atoms with van der Waals surface area (Å²) in [5, 5.41) is 2.60. The fourth-order valence-electron chi connectivity index (χ4n) is 7.70. The number of hydrogen-bond acceptors (Lipinski definition) is 0. The molecule has 0 aliphatic heterocycles. The van der Waals surface area contributed by atoms with Gasteiger partial charge in [0, 0.05) is 32.8 Å². The molecule has 0 fully saturated rings. The van der Waals surface area contributed by atoms with E-state index >= 15 is 0 Å². The van der Waals surface area contributed by atoms with Crippen molar-refractivity contribution in [2.24, 2.45) is 0 Å². The third kappa shape index (κ3) is 3.19. The fourth-order valence-corrected chi connectivity index (χ4v) is 8.21. The summed E-state index contributed by atoms with van der Waals surface area (Å²) in [5.74, 6) is 0. The van der Waals surface area contributed by atoms with E-state index in [2.05, 4.69) is 156 Å². The molecule has 2 aliphatic rings. The molecule has 9 rings (SSSR count). The summed E-state index contributed by atoms with van der Waals surface area (Å²) in [6.07, 6.45) is 0.950. The lowest BCUT2D eigenvalue weighted by Gasteiger charge is -2.21. The van der Waals surface area contributed by atoms with Gasteiger partial charge in [-0.2, -0.15) is 0 Å². The Balaban J connectivity index is 1.33. The van der Waals surface area contributed by atoms with E-state index in [4.69, 9.17) is 0 Å². The number of aromatic nitrogens is 1. The molecule has 42 heavy (non-hydrogen) atoms. The maximum Gasteiger partial charge on any atom is 0.0544 e. The molecular weight excluding hydrogens is 574 g/mol. The molecule has 7 aromatic rings. The van der Waals surface area contributed by atoms with Crippen LogP contribution in [0.25, 0.3) is 60.9 Å². The van der Waals surface area contributed by atoms with Crippen LogP contribution in [0.4, 0.5) is 0 Å². The van der Waals surface area contributed by atoms with Gasteiger partial charge in [0.2, 0.25) is 0 Å². The molecule has 0 bridgehead atoms. The lowest BCUT2D eigenvalue weighted by atomic mass is 9.82. The van der Waals surface area contributed by atoms with E-state index in [9.17, 15) is 0 Å². The van der Waals surface area contributed by atoms with E-state index in [1.165, 1.54) is 87.6 Å². The third-order valence-corrected chi connectivity index (χ3v) is 10.5. The van der Waals surface area contributed by atoms with Crippen molar-refractivity contribution in [3.63, 3.8) is 0 Å². The van der Waals surface area contributed by atoms with Crippen molar-refractivity contribution >= 4 is 37.7 Å². The molecule has 6 aromatic carbocycles. The van der Waals surface area contributed by atoms with Crippen LogP contribution >= 0.6 is 15.9 Å². The number of nitrogens with zero attached hydrogens (tertiary/aromatic N) is 1. The lowest BCUT2D eigenvalue weighted by Crippen LogP contribution is -2.14. The summed E-state index contributed by atoms with van der Waals surface area (Å²) >= 11 is 3.81. The maximum atomic E-state index is 3.81. The minimum atomic E-state index is -0.0445. The van der Waals surface area contributed by atoms with Crippen LogP contribution in [0.5, 0.6) is 0 Å². The second-order valence-corrected chi connectivity index (χ2v) is 13.1. The molecule has 1 aromatic heterocycles. The van der Waals surface area contributed by atoms with E-state index in [0.717, 1.165) is 6.42 Å². The second-order valence-electron chi connectivity index (χ2n) is 12.3. The van der Waals surface area contributed by atoms with Crippen LogP contribution in [0, 0.1) is 0 Å². The minimum absolute atomic E-state index is 0.0445. The lowest BCUT2D eigenvalue weighted by molar-refractivity contribution is 0.661. The molecule has 0 saturated heterocycles. The number of fused-ring (bicyclic) bond motifs is 9. The van der Waals surface area contributed by atoms with Crippen LogP contribution in [-0.4, -0.2) is 4.57 Å². The molecule has 2 heteroatoms. The van der Waals surface area contributed by atoms with Gasteiger partial charge in [-0.1, -0.05) is 109 Å². The fraction of sp³-hybridized carbons (Fsp3) is 0.100. The standard InChI is InChI=1S/C40H28BrN/c1-40(2)35-16-7-6-12-29(35)31-22-34-33-20-24(26-13-8-14-27-28-15-9-17-37(41)32(28)21-30(26)27)18-19-38(33)42(39(34)23-36(31)40)25-10-4-3-5-11-25/h3-20,22-23H,21H2,1-2H3. The summed E-state index contributed by atoms with van der Waals surface area (Å²) in [6, 6.07) is 45.1. The van der Waals surface area contributed by atoms with E-state index in [0.29, 0.717) is 0 Å². The summed E-state index contributed by atoms with van der Waals surface area (Å²) < 4.78 is 3.65. The van der Waals surface area contributed by atoms with Crippen LogP contribution in [-0.2, 0) is 11.8 Å². The average molecular weight is 603 g/mol. The first kappa shape index (κ1) is 24.2. The van der Waals surface area contributed by atoms with Crippen LogP contribution in [0.1, 0.15) is 36.1 Å². The number of benzene rings is 6. The predicted octanol–water partition coefficient (Wildman–Crippen LogP) is 11.1. The van der Waals surface area contributed by atoms with E-state index in [1.54, 1.807) is 0 Å². The highest BCUT2D eigenvalue weighted by Crippen LogP contribution is 2.51. The minimum Gasteiger partial charge on any atom is -0.309 e. The average Bonchev–Trinajstić information content (AvgIpc) is 3.63. The number of hydrogen-bond donors (Lipinski definition) is 0.